The van der Waals surface area contributed by atoms with Crippen molar-refractivity contribution < 1.29 is 36.6 Å². The van der Waals surface area contributed by atoms with E-state index in [1.807, 2.05) is 0 Å². The molecule has 0 amide bonds. The zero-order chi connectivity index (χ0) is 21.0. The highest BCUT2D eigenvalue weighted by Gasteiger charge is 2.30. The Balaban J connectivity index is 1.64. The first kappa shape index (κ1) is 21.2. The van der Waals surface area contributed by atoms with Crippen LogP contribution < -0.4 is 14.2 Å². The molecule has 0 radical (unpaired) electrons. The summed E-state index contributed by atoms with van der Waals surface area (Å²) in [4.78, 5) is 11.9. The number of ether oxygens (including phenoxy) is 4. The molecule has 1 unspecified atom stereocenters. The second-order valence-corrected chi connectivity index (χ2v) is 9.25. The summed E-state index contributed by atoms with van der Waals surface area (Å²) in [5, 5.41) is 8.05. The third kappa shape index (κ3) is 5.12. The molecule has 3 rings (SSSR count). The SMILES string of the molecule is COc1cc(-c2nnc(SCC(=O)OC3CCS(=O)(=O)C3)o2)cc(OC)c1OC. The van der Waals surface area contributed by atoms with Gasteiger partial charge in [-0.05, 0) is 18.6 Å². The Labute approximate surface area is 171 Å². The lowest BCUT2D eigenvalue weighted by molar-refractivity contribution is -0.144. The van der Waals surface area contributed by atoms with Gasteiger partial charge in [0.25, 0.3) is 5.22 Å². The van der Waals surface area contributed by atoms with Crippen molar-refractivity contribution in [1.29, 1.82) is 0 Å². The van der Waals surface area contributed by atoms with Crippen molar-refractivity contribution in [3.05, 3.63) is 12.1 Å². The lowest BCUT2D eigenvalue weighted by Gasteiger charge is -2.12. The molecule has 0 aliphatic carbocycles. The molecule has 12 heteroatoms. The summed E-state index contributed by atoms with van der Waals surface area (Å²) in [5.41, 5.74) is 0.553. The first-order valence-corrected chi connectivity index (χ1v) is 11.3. The third-order valence-corrected chi connectivity index (χ3v) is 6.65. The molecule has 1 saturated heterocycles. The molecule has 1 aromatic carbocycles. The topological polar surface area (TPSA) is 127 Å². The Morgan fingerprint density at radius 1 is 1.17 bits per heavy atom. The number of hydrogen-bond donors (Lipinski definition) is 0. The average Bonchev–Trinajstić information content (AvgIpc) is 3.31. The van der Waals surface area contributed by atoms with Gasteiger partial charge in [0.05, 0.1) is 32.8 Å². The predicted molar refractivity (Wildman–Crippen MR) is 103 cm³/mol. The van der Waals surface area contributed by atoms with Crippen molar-refractivity contribution in [2.75, 3.05) is 38.6 Å². The summed E-state index contributed by atoms with van der Waals surface area (Å²) >= 11 is 1.00. The van der Waals surface area contributed by atoms with Crippen LogP contribution in [-0.4, -0.2) is 69.3 Å². The Hall–Kier alpha value is -2.47. The number of esters is 1. The van der Waals surface area contributed by atoms with Gasteiger partial charge < -0.3 is 23.4 Å². The molecule has 10 nitrogen and oxygen atoms in total. The molecule has 0 spiro atoms. The number of carbonyl (C=O) groups is 1. The van der Waals surface area contributed by atoms with E-state index in [9.17, 15) is 13.2 Å². The normalized spacial score (nSPS) is 17.7. The number of sulfone groups is 1. The molecular weight excluding hydrogens is 424 g/mol. The Morgan fingerprint density at radius 3 is 2.41 bits per heavy atom. The van der Waals surface area contributed by atoms with Crippen LogP contribution in [0.1, 0.15) is 6.42 Å². The van der Waals surface area contributed by atoms with Crippen molar-refractivity contribution in [1.82, 2.24) is 10.2 Å². The predicted octanol–water partition coefficient (Wildman–Crippen LogP) is 1.58. The number of nitrogens with zero attached hydrogens (tertiary/aromatic N) is 2. The third-order valence-electron chi connectivity index (χ3n) is 4.12. The van der Waals surface area contributed by atoms with Crippen LogP contribution in [0.4, 0.5) is 0 Å². The minimum Gasteiger partial charge on any atom is -0.493 e. The highest BCUT2D eigenvalue weighted by Crippen LogP contribution is 2.41. The van der Waals surface area contributed by atoms with Gasteiger partial charge in [-0.1, -0.05) is 11.8 Å². The van der Waals surface area contributed by atoms with Gasteiger partial charge in [0.15, 0.2) is 21.3 Å². The number of hydrogen-bond acceptors (Lipinski definition) is 11. The van der Waals surface area contributed by atoms with Crippen molar-refractivity contribution in [2.45, 2.75) is 17.7 Å². The molecule has 1 fully saturated rings. The van der Waals surface area contributed by atoms with Gasteiger partial charge in [0.1, 0.15) is 11.9 Å². The van der Waals surface area contributed by atoms with E-state index >= 15 is 0 Å². The summed E-state index contributed by atoms with van der Waals surface area (Å²) in [7, 11) is 1.39. The van der Waals surface area contributed by atoms with Crippen molar-refractivity contribution >= 4 is 27.6 Å². The number of thioether (sulfide) groups is 1. The zero-order valence-electron chi connectivity index (χ0n) is 16.0. The van der Waals surface area contributed by atoms with Gasteiger partial charge in [-0.3, -0.25) is 4.79 Å². The van der Waals surface area contributed by atoms with Crippen molar-refractivity contribution in [2.24, 2.45) is 0 Å². The van der Waals surface area contributed by atoms with Crippen LogP contribution in [0.3, 0.4) is 0 Å². The summed E-state index contributed by atoms with van der Waals surface area (Å²) < 4.78 is 49.5. The minimum atomic E-state index is -3.11. The fourth-order valence-electron chi connectivity index (χ4n) is 2.78. The summed E-state index contributed by atoms with van der Waals surface area (Å²) in [6.07, 6.45) is -0.268. The smallest absolute Gasteiger partial charge is 0.316 e. The standard InChI is InChI=1S/C17H20N2O8S2/c1-23-12-6-10(7-13(24-2)15(12)25-3)16-18-19-17(27-16)28-8-14(20)26-11-4-5-29(21,22)9-11/h6-7,11H,4-5,8-9H2,1-3H3. The lowest BCUT2D eigenvalue weighted by Crippen LogP contribution is -2.20. The molecule has 1 aliphatic rings. The fourth-order valence-corrected chi connectivity index (χ4v) is 4.92. The zero-order valence-corrected chi connectivity index (χ0v) is 17.7. The van der Waals surface area contributed by atoms with Crippen LogP contribution >= 0.6 is 11.8 Å². The molecule has 2 aromatic rings. The van der Waals surface area contributed by atoms with Crippen LogP contribution in [0.2, 0.25) is 0 Å². The van der Waals surface area contributed by atoms with Gasteiger partial charge in [-0.15, -0.1) is 10.2 Å². The van der Waals surface area contributed by atoms with E-state index in [2.05, 4.69) is 10.2 Å². The van der Waals surface area contributed by atoms with Gasteiger partial charge >= 0.3 is 5.97 Å². The van der Waals surface area contributed by atoms with Crippen LogP contribution in [0, 0.1) is 0 Å². The second-order valence-electron chi connectivity index (χ2n) is 6.09. The molecule has 0 saturated carbocycles. The molecule has 29 heavy (non-hydrogen) atoms. The number of benzene rings is 1. The molecule has 2 heterocycles. The van der Waals surface area contributed by atoms with E-state index in [-0.39, 0.29) is 28.4 Å². The van der Waals surface area contributed by atoms with E-state index in [0.29, 0.717) is 29.2 Å². The molecule has 1 aliphatic heterocycles. The van der Waals surface area contributed by atoms with Gasteiger partial charge in [0, 0.05) is 5.56 Å². The maximum absolute atomic E-state index is 11.9. The maximum Gasteiger partial charge on any atom is 0.316 e. The van der Waals surface area contributed by atoms with E-state index in [4.69, 9.17) is 23.4 Å². The first-order valence-electron chi connectivity index (χ1n) is 8.51. The lowest BCUT2D eigenvalue weighted by atomic mass is 10.2. The number of rotatable bonds is 8. The van der Waals surface area contributed by atoms with Crippen LogP contribution in [0.5, 0.6) is 17.2 Å². The molecule has 1 atom stereocenters. The van der Waals surface area contributed by atoms with Crippen molar-refractivity contribution in [3.63, 3.8) is 0 Å². The Kier molecular flexibility index (Phi) is 6.52. The molecule has 0 N–H and O–H groups in total. The average molecular weight is 444 g/mol. The Morgan fingerprint density at radius 2 is 1.86 bits per heavy atom. The molecule has 1 aromatic heterocycles. The van der Waals surface area contributed by atoms with Crippen LogP contribution in [0.25, 0.3) is 11.5 Å². The maximum atomic E-state index is 11.9. The van der Waals surface area contributed by atoms with Crippen LogP contribution in [-0.2, 0) is 19.4 Å². The summed E-state index contributed by atoms with van der Waals surface area (Å²) in [5.74, 6) is 0.813. The summed E-state index contributed by atoms with van der Waals surface area (Å²) in [6.45, 7) is 0. The van der Waals surface area contributed by atoms with Gasteiger partial charge in [0.2, 0.25) is 11.6 Å². The minimum absolute atomic E-state index is 0.0416. The van der Waals surface area contributed by atoms with E-state index in [1.54, 1.807) is 12.1 Å². The van der Waals surface area contributed by atoms with E-state index in [0.717, 1.165) is 11.8 Å². The van der Waals surface area contributed by atoms with Gasteiger partial charge in [-0.2, -0.15) is 0 Å². The largest absolute Gasteiger partial charge is 0.493 e. The fraction of sp³-hybridized carbons (Fsp3) is 0.471. The second kappa shape index (κ2) is 8.91. The number of methoxy groups -OCH3 is 3. The van der Waals surface area contributed by atoms with Crippen LogP contribution in [0.15, 0.2) is 21.8 Å². The van der Waals surface area contributed by atoms with E-state index in [1.165, 1.54) is 21.3 Å². The molecular formula is C17H20N2O8S2. The number of carbonyl (C=O) groups excluding carboxylic acids is 1. The van der Waals surface area contributed by atoms with Crippen molar-refractivity contribution in [3.8, 4) is 28.7 Å². The quantitative estimate of drug-likeness (QED) is 0.435. The number of aromatic nitrogens is 2. The Bertz CT molecular complexity index is 964. The molecule has 0 bridgehead atoms. The first-order chi connectivity index (χ1) is 13.8. The monoisotopic (exact) mass is 444 g/mol. The highest BCUT2D eigenvalue weighted by atomic mass is 32.2. The van der Waals surface area contributed by atoms with Gasteiger partial charge in [-0.25, -0.2) is 8.42 Å². The molecule has 158 valence electrons. The summed E-state index contributed by atoms with van der Waals surface area (Å²) in [6, 6.07) is 3.33. The van der Waals surface area contributed by atoms with E-state index < -0.39 is 21.9 Å². The highest BCUT2D eigenvalue weighted by molar-refractivity contribution is 7.99.